The number of para-hydroxylation sites is 1. The zero-order valence-electron chi connectivity index (χ0n) is 10.7. The maximum Gasteiger partial charge on any atom is 0.257 e. The molecule has 2 rings (SSSR count). The number of carbonyl (C=O) groups is 1. The molecule has 1 fully saturated rings. The third-order valence-corrected chi connectivity index (χ3v) is 4.79. The predicted molar refractivity (Wildman–Crippen MR) is 75.4 cm³/mol. The fourth-order valence-corrected chi connectivity index (χ4v) is 2.67. The molecule has 0 saturated carbocycles. The van der Waals surface area contributed by atoms with E-state index in [9.17, 15) is 4.79 Å². The number of halogens is 1. The summed E-state index contributed by atoms with van der Waals surface area (Å²) in [5, 5.41) is 0. The second kappa shape index (κ2) is 5.74. The molecule has 0 N–H and O–H groups in total. The number of hydrogen-bond acceptors (Lipinski definition) is 2. The minimum absolute atomic E-state index is 0.0682. The Bertz CT molecular complexity index is 436. The van der Waals surface area contributed by atoms with Crippen molar-refractivity contribution in [2.24, 2.45) is 5.92 Å². The summed E-state index contributed by atoms with van der Waals surface area (Å²) >= 11 is 3.65. The molecule has 2 atom stereocenters. The molecule has 0 aromatic heterocycles. The molecule has 1 amide bonds. The van der Waals surface area contributed by atoms with Crippen LogP contribution in [0.4, 0.5) is 0 Å². The van der Waals surface area contributed by atoms with Gasteiger partial charge in [0.05, 0.1) is 12.7 Å². The van der Waals surface area contributed by atoms with Gasteiger partial charge >= 0.3 is 0 Å². The van der Waals surface area contributed by atoms with E-state index in [4.69, 9.17) is 4.74 Å². The summed E-state index contributed by atoms with van der Waals surface area (Å²) in [5.41, 5.74) is 0.653. The number of hydrogen-bond donors (Lipinski definition) is 0. The lowest BCUT2D eigenvalue weighted by atomic mass is 9.99. The number of nitrogens with zero attached hydrogens (tertiary/aromatic N) is 1. The van der Waals surface area contributed by atoms with Crippen LogP contribution in [0.15, 0.2) is 24.3 Å². The van der Waals surface area contributed by atoms with E-state index >= 15 is 0 Å². The highest BCUT2D eigenvalue weighted by Gasteiger charge is 2.28. The normalized spacial score (nSPS) is 23.8. The van der Waals surface area contributed by atoms with Gasteiger partial charge in [0.1, 0.15) is 5.75 Å². The molecule has 18 heavy (non-hydrogen) atoms. The van der Waals surface area contributed by atoms with Crippen molar-refractivity contribution in [3.05, 3.63) is 29.8 Å². The van der Waals surface area contributed by atoms with Gasteiger partial charge in [-0.2, -0.15) is 0 Å². The quantitative estimate of drug-likeness (QED) is 0.786. The topological polar surface area (TPSA) is 29.5 Å². The lowest BCUT2D eigenvalue weighted by Gasteiger charge is -2.34. The van der Waals surface area contributed by atoms with Crippen molar-refractivity contribution in [3.8, 4) is 5.75 Å². The van der Waals surface area contributed by atoms with Gasteiger partial charge in [0.2, 0.25) is 0 Å². The number of benzene rings is 1. The number of amides is 1. The molecule has 98 valence electrons. The molecule has 2 unspecified atom stereocenters. The number of methoxy groups -OCH3 is 1. The molecule has 1 heterocycles. The molecule has 1 saturated heterocycles. The Morgan fingerprint density at radius 1 is 1.44 bits per heavy atom. The Morgan fingerprint density at radius 2 is 2.17 bits per heavy atom. The number of ether oxygens (including phenoxy) is 1. The molecule has 3 nitrogen and oxygen atoms in total. The van der Waals surface area contributed by atoms with E-state index < -0.39 is 0 Å². The molecule has 0 radical (unpaired) electrons. The van der Waals surface area contributed by atoms with Crippen LogP contribution in [0, 0.1) is 5.92 Å². The van der Waals surface area contributed by atoms with Crippen LogP contribution < -0.4 is 4.74 Å². The number of rotatable bonds is 2. The van der Waals surface area contributed by atoms with Crippen molar-refractivity contribution in [2.45, 2.75) is 18.2 Å². The Morgan fingerprint density at radius 3 is 2.83 bits per heavy atom. The summed E-state index contributed by atoms with van der Waals surface area (Å²) < 4.78 is 5.25. The first kappa shape index (κ1) is 13.4. The lowest BCUT2D eigenvalue weighted by molar-refractivity contribution is 0.0687. The third kappa shape index (κ3) is 2.69. The summed E-state index contributed by atoms with van der Waals surface area (Å²) in [6.45, 7) is 3.77. The van der Waals surface area contributed by atoms with Crippen LogP contribution in [0.2, 0.25) is 0 Å². The number of alkyl halides is 1. The maximum absolute atomic E-state index is 12.5. The van der Waals surface area contributed by atoms with Crippen LogP contribution in [0.5, 0.6) is 5.75 Å². The lowest BCUT2D eigenvalue weighted by Crippen LogP contribution is -2.43. The van der Waals surface area contributed by atoms with Gasteiger partial charge in [0.25, 0.3) is 5.91 Å². The Kier molecular flexibility index (Phi) is 4.27. The van der Waals surface area contributed by atoms with Crippen molar-refractivity contribution >= 4 is 21.8 Å². The van der Waals surface area contributed by atoms with Gasteiger partial charge in [0, 0.05) is 17.9 Å². The molecular formula is C14H18BrNO2. The first-order chi connectivity index (χ1) is 8.63. The van der Waals surface area contributed by atoms with Gasteiger partial charge in [-0.1, -0.05) is 35.0 Å². The average Bonchev–Trinajstić information content (AvgIpc) is 2.41. The van der Waals surface area contributed by atoms with Crippen LogP contribution >= 0.6 is 15.9 Å². The Labute approximate surface area is 116 Å². The molecule has 0 spiro atoms. The highest BCUT2D eigenvalue weighted by atomic mass is 79.9. The zero-order valence-corrected chi connectivity index (χ0v) is 12.3. The van der Waals surface area contributed by atoms with E-state index in [0.29, 0.717) is 22.1 Å². The maximum atomic E-state index is 12.5. The summed E-state index contributed by atoms with van der Waals surface area (Å²) in [6.07, 6.45) is 1.00. The fraction of sp³-hybridized carbons (Fsp3) is 0.500. The van der Waals surface area contributed by atoms with Gasteiger partial charge in [-0.15, -0.1) is 0 Å². The summed E-state index contributed by atoms with van der Waals surface area (Å²) in [4.78, 5) is 14.9. The molecule has 1 aliphatic heterocycles. The standard InChI is InChI=1S/C14H18BrNO2/c1-10-9-16(8-7-12(10)15)14(17)11-5-3-4-6-13(11)18-2/h3-6,10,12H,7-9H2,1-2H3. The fourth-order valence-electron chi connectivity index (χ4n) is 2.29. The third-order valence-electron chi connectivity index (χ3n) is 3.43. The van der Waals surface area contributed by atoms with Crippen molar-refractivity contribution in [2.75, 3.05) is 20.2 Å². The van der Waals surface area contributed by atoms with Crippen LogP contribution in [0.3, 0.4) is 0 Å². The van der Waals surface area contributed by atoms with Crippen LogP contribution in [-0.2, 0) is 0 Å². The second-order valence-electron chi connectivity index (χ2n) is 4.73. The molecule has 1 aromatic rings. The Balaban J connectivity index is 2.16. The zero-order chi connectivity index (χ0) is 13.1. The monoisotopic (exact) mass is 311 g/mol. The highest BCUT2D eigenvalue weighted by molar-refractivity contribution is 9.09. The van der Waals surface area contributed by atoms with Crippen LogP contribution in [-0.4, -0.2) is 35.8 Å². The van der Waals surface area contributed by atoms with Crippen LogP contribution in [0.25, 0.3) is 0 Å². The van der Waals surface area contributed by atoms with E-state index in [0.717, 1.165) is 19.5 Å². The first-order valence-electron chi connectivity index (χ1n) is 6.20. The van der Waals surface area contributed by atoms with E-state index in [-0.39, 0.29) is 5.91 Å². The average molecular weight is 312 g/mol. The summed E-state index contributed by atoms with van der Waals surface area (Å²) in [7, 11) is 1.60. The van der Waals surface area contributed by atoms with Crippen molar-refractivity contribution in [1.82, 2.24) is 4.90 Å². The van der Waals surface area contributed by atoms with Gasteiger partial charge in [-0.3, -0.25) is 4.79 Å². The molecule has 4 heteroatoms. The van der Waals surface area contributed by atoms with Gasteiger partial charge < -0.3 is 9.64 Å². The Hall–Kier alpha value is -1.03. The van der Waals surface area contributed by atoms with Gasteiger partial charge in [-0.25, -0.2) is 0 Å². The van der Waals surface area contributed by atoms with Gasteiger partial charge in [-0.05, 0) is 24.5 Å². The van der Waals surface area contributed by atoms with Crippen molar-refractivity contribution < 1.29 is 9.53 Å². The van der Waals surface area contributed by atoms with E-state index in [2.05, 4.69) is 22.9 Å². The van der Waals surface area contributed by atoms with Gasteiger partial charge in [0.15, 0.2) is 0 Å². The van der Waals surface area contributed by atoms with Crippen molar-refractivity contribution in [1.29, 1.82) is 0 Å². The SMILES string of the molecule is COc1ccccc1C(=O)N1CCC(Br)C(C)C1. The number of piperidine rings is 1. The van der Waals surface area contributed by atoms with Crippen LogP contribution in [0.1, 0.15) is 23.7 Å². The minimum atomic E-state index is 0.0682. The molecule has 1 aromatic carbocycles. The number of likely N-dealkylation sites (tertiary alicyclic amines) is 1. The highest BCUT2D eigenvalue weighted by Crippen LogP contribution is 2.26. The second-order valence-corrected chi connectivity index (χ2v) is 5.91. The summed E-state index contributed by atoms with van der Waals surface area (Å²) in [5.74, 6) is 1.20. The van der Waals surface area contributed by atoms with E-state index in [1.807, 2.05) is 29.2 Å². The minimum Gasteiger partial charge on any atom is -0.496 e. The van der Waals surface area contributed by atoms with E-state index in [1.54, 1.807) is 7.11 Å². The molecule has 1 aliphatic rings. The first-order valence-corrected chi connectivity index (χ1v) is 7.11. The van der Waals surface area contributed by atoms with Crippen molar-refractivity contribution in [3.63, 3.8) is 0 Å². The smallest absolute Gasteiger partial charge is 0.257 e. The molecular weight excluding hydrogens is 294 g/mol. The predicted octanol–water partition coefficient (Wildman–Crippen LogP) is 2.94. The largest absolute Gasteiger partial charge is 0.496 e. The summed E-state index contributed by atoms with van der Waals surface area (Å²) in [6, 6.07) is 7.40. The molecule has 0 bridgehead atoms. The van der Waals surface area contributed by atoms with E-state index in [1.165, 1.54) is 0 Å². The molecule has 0 aliphatic carbocycles. The number of carbonyl (C=O) groups excluding carboxylic acids is 1.